The van der Waals surface area contributed by atoms with Crippen molar-refractivity contribution in [3.63, 3.8) is 0 Å². The molecule has 2 aromatic heterocycles. The first-order valence-corrected chi connectivity index (χ1v) is 8.00. The summed E-state index contributed by atoms with van der Waals surface area (Å²) in [6, 6.07) is -0.0268. The van der Waals surface area contributed by atoms with Crippen molar-refractivity contribution in [2.24, 2.45) is 12.8 Å². The van der Waals surface area contributed by atoms with Gasteiger partial charge in [-0.15, -0.1) is 5.10 Å². The SMILES string of the molecule is CCCn1c(SC(c2cnn(C)c2)C(N)CC)n[nH]c1=O. The summed E-state index contributed by atoms with van der Waals surface area (Å²) >= 11 is 1.52. The number of thioether (sulfide) groups is 1. The Morgan fingerprint density at radius 3 is 2.81 bits per heavy atom. The number of nitrogens with zero attached hydrogens (tertiary/aromatic N) is 4. The van der Waals surface area contributed by atoms with Crippen LogP contribution in [-0.4, -0.2) is 30.6 Å². The van der Waals surface area contributed by atoms with Crippen LogP contribution in [0.4, 0.5) is 0 Å². The fourth-order valence-electron chi connectivity index (χ4n) is 2.13. The Morgan fingerprint density at radius 1 is 1.48 bits per heavy atom. The lowest BCUT2D eigenvalue weighted by Gasteiger charge is -2.20. The zero-order chi connectivity index (χ0) is 15.4. The molecule has 0 radical (unpaired) electrons. The molecule has 2 atom stereocenters. The van der Waals surface area contributed by atoms with Gasteiger partial charge in [0, 0.05) is 31.4 Å². The molecular weight excluding hydrogens is 288 g/mol. The Labute approximate surface area is 127 Å². The first-order chi connectivity index (χ1) is 10.1. The predicted octanol–water partition coefficient (Wildman–Crippen LogP) is 1.29. The second-order valence-corrected chi connectivity index (χ2v) is 6.13. The van der Waals surface area contributed by atoms with Gasteiger partial charge in [-0.3, -0.25) is 9.25 Å². The van der Waals surface area contributed by atoms with Gasteiger partial charge in [-0.2, -0.15) is 5.10 Å². The van der Waals surface area contributed by atoms with Crippen molar-refractivity contribution in [1.29, 1.82) is 0 Å². The fraction of sp³-hybridized carbons (Fsp3) is 0.615. The molecule has 0 aliphatic carbocycles. The van der Waals surface area contributed by atoms with Gasteiger partial charge in [0.1, 0.15) is 0 Å². The number of hydrogen-bond donors (Lipinski definition) is 2. The van der Waals surface area contributed by atoms with E-state index in [1.54, 1.807) is 9.25 Å². The molecule has 0 aromatic carbocycles. The van der Waals surface area contributed by atoms with E-state index in [0.717, 1.165) is 18.4 Å². The number of H-pyrrole nitrogens is 1. The van der Waals surface area contributed by atoms with Crippen LogP contribution in [-0.2, 0) is 13.6 Å². The zero-order valence-electron chi connectivity index (χ0n) is 12.6. The minimum Gasteiger partial charge on any atom is -0.326 e. The summed E-state index contributed by atoms with van der Waals surface area (Å²) in [4.78, 5) is 11.8. The third-order valence-electron chi connectivity index (χ3n) is 3.32. The Morgan fingerprint density at radius 2 is 2.24 bits per heavy atom. The fourth-order valence-corrected chi connectivity index (χ4v) is 3.38. The van der Waals surface area contributed by atoms with Crippen molar-refractivity contribution in [3.8, 4) is 0 Å². The monoisotopic (exact) mass is 310 g/mol. The van der Waals surface area contributed by atoms with E-state index in [2.05, 4.69) is 22.2 Å². The Hall–Kier alpha value is -1.54. The molecular formula is C13H22N6OS. The smallest absolute Gasteiger partial charge is 0.326 e. The van der Waals surface area contributed by atoms with Gasteiger partial charge < -0.3 is 5.73 Å². The molecule has 116 valence electrons. The standard InChI is InChI=1S/C13H22N6OS/c1-4-6-19-12(20)16-17-13(19)21-11(10(14)5-2)9-7-15-18(3)8-9/h7-8,10-11H,4-6,14H2,1-3H3,(H,16,20). The summed E-state index contributed by atoms with van der Waals surface area (Å²) < 4.78 is 3.42. The van der Waals surface area contributed by atoms with Crippen LogP contribution in [0, 0.1) is 0 Å². The molecule has 0 fully saturated rings. The third kappa shape index (κ3) is 3.56. The van der Waals surface area contributed by atoms with Gasteiger partial charge in [-0.25, -0.2) is 9.89 Å². The summed E-state index contributed by atoms with van der Waals surface area (Å²) in [5.41, 5.74) is 7.13. The number of aromatic amines is 1. The van der Waals surface area contributed by atoms with E-state index in [9.17, 15) is 4.79 Å². The van der Waals surface area contributed by atoms with Crippen LogP contribution >= 0.6 is 11.8 Å². The summed E-state index contributed by atoms with van der Waals surface area (Å²) in [7, 11) is 1.88. The second kappa shape index (κ2) is 6.95. The van der Waals surface area contributed by atoms with E-state index in [1.807, 2.05) is 26.4 Å². The molecule has 0 aliphatic rings. The van der Waals surface area contributed by atoms with Crippen LogP contribution in [0.1, 0.15) is 37.5 Å². The van der Waals surface area contributed by atoms with Crippen molar-refractivity contribution in [2.45, 2.75) is 49.7 Å². The van der Waals surface area contributed by atoms with Crippen LogP contribution in [0.2, 0.25) is 0 Å². The molecule has 0 saturated carbocycles. The van der Waals surface area contributed by atoms with Crippen molar-refractivity contribution in [3.05, 3.63) is 28.4 Å². The molecule has 7 nitrogen and oxygen atoms in total. The maximum Gasteiger partial charge on any atom is 0.343 e. The number of nitrogens with two attached hydrogens (primary N) is 1. The molecule has 2 aromatic rings. The zero-order valence-corrected chi connectivity index (χ0v) is 13.4. The molecule has 3 N–H and O–H groups in total. The molecule has 0 aliphatic heterocycles. The lowest BCUT2D eigenvalue weighted by atomic mass is 10.1. The summed E-state index contributed by atoms with van der Waals surface area (Å²) in [6.45, 7) is 4.74. The Bertz CT molecular complexity index is 631. The van der Waals surface area contributed by atoms with Crippen LogP contribution in [0.25, 0.3) is 0 Å². The Balaban J connectivity index is 2.29. The minimum absolute atomic E-state index is 0.0227. The van der Waals surface area contributed by atoms with Gasteiger partial charge in [-0.05, 0) is 12.8 Å². The number of nitrogens with one attached hydrogen (secondary N) is 1. The van der Waals surface area contributed by atoms with E-state index in [-0.39, 0.29) is 17.0 Å². The first kappa shape index (κ1) is 15.8. The quantitative estimate of drug-likeness (QED) is 0.751. The number of aryl methyl sites for hydroxylation is 1. The van der Waals surface area contributed by atoms with Gasteiger partial charge in [0.05, 0.1) is 11.4 Å². The average Bonchev–Trinajstić information content (AvgIpc) is 3.04. The Kier molecular flexibility index (Phi) is 5.24. The molecule has 2 heterocycles. The van der Waals surface area contributed by atoms with Gasteiger partial charge in [-0.1, -0.05) is 25.6 Å². The lowest BCUT2D eigenvalue weighted by molar-refractivity contribution is 0.594. The van der Waals surface area contributed by atoms with Crippen molar-refractivity contribution in [1.82, 2.24) is 24.5 Å². The highest BCUT2D eigenvalue weighted by Crippen LogP contribution is 2.36. The third-order valence-corrected chi connectivity index (χ3v) is 4.71. The largest absolute Gasteiger partial charge is 0.343 e. The second-order valence-electron chi connectivity index (χ2n) is 5.02. The van der Waals surface area contributed by atoms with Crippen molar-refractivity contribution in [2.75, 3.05) is 0 Å². The highest BCUT2D eigenvalue weighted by molar-refractivity contribution is 7.99. The highest BCUT2D eigenvalue weighted by atomic mass is 32.2. The van der Waals surface area contributed by atoms with E-state index in [1.165, 1.54) is 11.8 Å². The number of aromatic nitrogens is 5. The topological polar surface area (TPSA) is 94.5 Å². The summed E-state index contributed by atoms with van der Waals surface area (Å²) in [6.07, 6.45) is 5.50. The highest BCUT2D eigenvalue weighted by Gasteiger charge is 2.24. The van der Waals surface area contributed by atoms with Crippen LogP contribution in [0.3, 0.4) is 0 Å². The van der Waals surface area contributed by atoms with Gasteiger partial charge in [0.25, 0.3) is 0 Å². The van der Waals surface area contributed by atoms with Gasteiger partial charge >= 0.3 is 5.69 Å². The maximum atomic E-state index is 11.8. The molecule has 0 spiro atoms. The van der Waals surface area contributed by atoms with Crippen molar-refractivity contribution >= 4 is 11.8 Å². The maximum absolute atomic E-state index is 11.8. The number of hydrogen-bond acceptors (Lipinski definition) is 5. The van der Waals surface area contributed by atoms with Gasteiger partial charge in [0.2, 0.25) is 0 Å². The summed E-state index contributed by atoms with van der Waals surface area (Å²) in [5, 5.41) is 11.6. The van der Waals surface area contributed by atoms with E-state index in [4.69, 9.17) is 5.73 Å². The lowest BCUT2D eigenvalue weighted by Crippen LogP contribution is -2.26. The molecule has 0 bridgehead atoms. The van der Waals surface area contributed by atoms with E-state index >= 15 is 0 Å². The van der Waals surface area contributed by atoms with Crippen molar-refractivity contribution < 1.29 is 0 Å². The summed E-state index contributed by atoms with van der Waals surface area (Å²) in [5.74, 6) is 0. The van der Waals surface area contributed by atoms with E-state index < -0.39 is 0 Å². The van der Waals surface area contributed by atoms with Crippen LogP contribution < -0.4 is 11.4 Å². The molecule has 0 amide bonds. The minimum atomic E-state index is -0.172. The number of rotatable bonds is 7. The molecule has 21 heavy (non-hydrogen) atoms. The average molecular weight is 310 g/mol. The molecule has 8 heteroatoms. The predicted molar refractivity (Wildman–Crippen MR) is 83.2 cm³/mol. The normalized spacial score (nSPS) is 14.3. The first-order valence-electron chi connectivity index (χ1n) is 7.12. The molecule has 0 saturated heterocycles. The van der Waals surface area contributed by atoms with Crippen LogP contribution in [0.5, 0.6) is 0 Å². The van der Waals surface area contributed by atoms with Gasteiger partial charge in [0.15, 0.2) is 5.16 Å². The van der Waals surface area contributed by atoms with Crippen LogP contribution in [0.15, 0.2) is 22.3 Å². The van der Waals surface area contributed by atoms with E-state index in [0.29, 0.717) is 11.7 Å². The molecule has 2 unspecified atom stereocenters. The molecule has 2 rings (SSSR count).